The van der Waals surface area contributed by atoms with Crippen molar-refractivity contribution in [1.29, 1.82) is 0 Å². The molecule has 146 valence electrons. The molecule has 7 heteroatoms. The lowest BCUT2D eigenvalue weighted by Crippen LogP contribution is -2.45. The Kier molecular flexibility index (Phi) is 6.11. The molecule has 1 aromatic carbocycles. The quantitative estimate of drug-likeness (QED) is 0.809. The molecule has 2 aromatic rings. The van der Waals surface area contributed by atoms with Gasteiger partial charge in [-0.05, 0) is 57.7 Å². The van der Waals surface area contributed by atoms with Crippen LogP contribution in [0.1, 0.15) is 48.4 Å². The third-order valence-electron chi connectivity index (χ3n) is 4.92. The highest BCUT2D eigenvalue weighted by Crippen LogP contribution is 2.27. The number of hydrogen-bond acceptors (Lipinski definition) is 4. The van der Waals surface area contributed by atoms with Crippen molar-refractivity contribution < 1.29 is 18.4 Å². The predicted molar refractivity (Wildman–Crippen MR) is 98.9 cm³/mol. The van der Waals surface area contributed by atoms with Gasteiger partial charge in [0.2, 0.25) is 0 Å². The van der Waals surface area contributed by atoms with E-state index >= 15 is 0 Å². The monoisotopic (exact) mass is 375 g/mol. The van der Waals surface area contributed by atoms with Crippen molar-refractivity contribution in [3.63, 3.8) is 0 Å². The number of hydrogen-bond donors (Lipinski definition) is 2. The summed E-state index contributed by atoms with van der Waals surface area (Å²) in [5, 5.41) is 9.90. The van der Waals surface area contributed by atoms with E-state index < -0.39 is 0 Å². The smallest absolute Gasteiger partial charge is 0.315 e. The predicted octanol–water partition coefficient (Wildman–Crippen LogP) is 3.58. The Balaban J connectivity index is 1.64. The van der Waals surface area contributed by atoms with E-state index in [9.17, 15) is 9.18 Å². The minimum Gasteiger partial charge on any atom is -0.376 e. The van der Waals surface area contributed by atoms with Crippen LogP contribution >= 0.6 is 0 Å². The molecular formula is C20H26FN3O3. The molecule has 0 spiro atoms. The van der Waals surface area contributed by atoms with Gasteiger partial charge in [0.1, 0.15) is 11.6 Å². The second-order valence-electron chi connectivity index (χ2n) is 7.11. The molecular weight excluding hydrogens is 349 g/mol. The van der Waals surface area contributed by atoms with Crippen LogP contribution in [0.4, 0.5) is 9.18 Å². The number of aryl methyl sites for hydroxylation is 2. The second kappa shape index (κ2) is 8.52. The normalized spacial score (nSPS) is 18.9. The average Bonchev–Trinajstić information content (AvgIpc) is 3.26. The van der Waals surface area contributed by atoms with Gasteiger partial charge >= 0.3 is 6.03 Å². The third-order valence-corrected chi connectivity index (χ3v) is 4.92. The highest BCUT2D eigenvalue weighted by atomic mass is 19.1. The number of carbonyl (C=O) groups excluding carboxylic acids is 1. The van der Waals surface area contributed by atoms with E-state index in [0.29, 0.717) is 13.0 Å². The maximum atomic E-state index is 13.3. The van der Waals surface area contributed by atoms with Crippen molar-refractivity contribution in [2.45, 2.75) is 58.2 Å². The van der Waals surface area contributed by atoms with Gasteiger partial charge in [-0.1, -0.05) is 17.3 Å². The molecule has 2 heterocycles. The molecule has 1 aliphatic heterocycles. The molecule has 3 rings (SSSR count). The number of ether oxygens (including phenoxy) is 1. The number of nitrogens with zero attached hydrogens (tertiary/aromatic N) is 1. The van der Waals surface area contributed by atoms with E-state index in [-0.39, 0.29) is 30.0 Å². The molecule has 0 radical (unpaired) electrons. The van der Waals surface area contributed by atoms with Crippen LogP contribution in [0, 0.1) is 19.7 Å². The first-order chi connectivity index (χ1) is 12.9. The van der Waals surface area contributed by atoms with E-state index in [1.165, 1.54) is 12.1 Å². The number of rotatable bonds is 6. The van der Waals surface area contributed by atoms with Crippen LogP contribution in [-0.4, -0.2) is 29.9 Å². The fourth-order valence-corrected chi connectivity index (χ4v) is 3.48. The van der Waals surface area contributed by atoms with Crippen molar-refractivity contribution >= 4 is 6.03 Å². The Morgan fingerprint density at radius 2 is 2.04 bits per heavy atom. The maximum absolute atomic E-state index is 13.3. The molecule has 1 saturated heterocycles. The van der Waals surface area contributed by atoms with Crippen molar-refractivity contribution in [2.24, 2.45) is 0 Å². The van der Waals surface area contributed by atoms with Crippen LogP contribution in [0.3, 0.4) is 0 Å². The zero-order valence-corrected chi connectivity index (χ0v) is 15.9. The second-order valence-corrected chi connectivity index (χ2v) is 7.11. The van der Waals surface area contributed by atoms with Crippen LogP contribution < -0.4 is 10.6 Å². The summed E-state index contributed by atoms with van der Waals surface area (Å²) in [7, 11) is 0. The minimum atomic E-state index is -0.320. The van der Waals surface area contributed by atoms with Gasteiger partial charge in [0, 0.05) is 18.2 Å². The molecule has 2 N–H and O–H groups in total. The van der Waals surface area contributed by atoms with Gasteiger partial charge in [-0.3, -0.25) is 0 Å². The lowest BCUT2D eigenvalue weighted by molar-refractivity contribution is 0.0806. The summed E-state index contributed by atoms with van der Waals surface area (Å²) in [6, 6.07) is 5.48. The van der Waals surface area contributed by atoms with E-state index in [1.54, 1.807) is 12.1 Å². The van der Waals surface area contributed by atoms with Gasteiger partial charge in [-0.15, -0.1) is 0 Å². The zero-order valence-electron chi connectivity index (χ0n) is 15.9. The van der Waals surface area contributed by atoms with Crippen molar-refractivity contribution in [3.05, 3.63) is 52.7 Å². The largest absolute Gasteiger partial charge is 0.376 e. The number of benzene rings is 1. The van der Waals surface area contributed by atoms with E-state index in [0.717, 1.165) is 35.4 Å². The highest BCUT2D eigenvalue weighted by Gasteiger charge is 2.29. The van der Waals surface area contributed by atoms with Gasteiger partial charge in [-0.2, -0.15) is 0 Å². The molecule has 0 saturated carbocycles. The molecule has 0 aliphatic carbocycles. The molecule has 27 heavy (non-hydrogen) atoms. The van der Waals surface area contributed by atoms with Gasteiger partial charge in [-0.25, -0.2) is 9.18 Å². The summed E-state index contributed by atoms with van der Waals surface area (Å²) in [5.41, 5.74) is 2.68. The van der Waals surface area contributed by atoms with Gasteiger partial charge in [0.15, 0.2) is 0 Å². The Bertz CT molecular complexity index is 750. The number of carbonyl (C=O) groups is 1. The Morgan fingerprint density at radius 1 is 1.30 bits per heavy atom. The Morgan fingerprint density at radius 3 is 2.63 bits per heavy atom. The molecule has 1 fully saturated rings. The summed E-state index contributed by atoms with van der Waals surface area (Å²) in [5.74, 6) is 0.465. The summed E-state index contributed by atoms with van der Waals surface area (Å²) in [4.78, 5) is 12.6. The van der Waals surface area contributed by atoms with E-state index in [4.69, 9.17) is 9.26 Å². The molecule has 0 bridgehead atoms. The van der Waals surface area contributed by atoms with Crippen molar-refractivity contribution in [1.82, 2.24) is 15.8 Å². The number of amides is 2. The summed E-state index contributed by atoms with van der Waals surface area (Å²) >= 11 is 0. The zero-order chi connectivity index (χ0) is 19.4. The molecule has 6 nitrogen and oxygen atoms in total. The average molecular weight is 375 g/mol. The van der Waals surface area contributed by atoms with Crippen LogP contribution in [-0.2, 0) is 11.2 Å². The Labute approximate surface area is 158 Å². The molecule has 3 unspecified atom stereocenters. The molecule has 2 amide bonds. The lowest BCUT2D eigenvalue weighted by Gasteiger charge is -2.26. The first-order valence-electron chi connectivity index (χ1n) is 9.30. The minimum absolute atomic E-state index is 0.0971. The lowest BCUT2D eigenvalue weighted by atomic mass is 9.99. The van der Waals surface area contributed by atoms with Crippen LogP contribution in [0.15, 0.2) is 28.8 Å². The summed E-state index contributed by atoms with van der Waals surface area (Å²) in [6.07, 6.45) is 2.33. The summed E-state index contributed by atoms with van der Waals surface area (Å²) < 4.78 is 24.2. The van der Waals surface area contributed by atoms with Gasteiger partial charge in [0.05, 0.1) is 17.8 Å². The summed E-state index contributed by atoms with van der Waals surface area (Å²) in [6.45, 7) is 6.36. The molecule has 1 aliphatic rings. The number of aromatic nitrogens is 1. The third kappa shape index (κ3) is 4.86. The van der Waals surface area contributed by atoms with Crippen molar-refractivity contribution in [3.8, 4) is 0 Å². The van der Waals surface area contributed by atoms with E-state index in [2.05, 4.69) is 15.8 Å². The van der Waals surface area contributed by atoms with E-state index in [1.807, 2.05) is 20.8 Å². The SMILES string of the molecule is Cc1noc(C)c1CC(C)NC(=O)NC(c1ccc(F)cc1)C1CCCO1. The first kappa shape index (κ1) is 19.4. The standard InChI is InChI=1S/C20H26FN3O3/c1-12(11-17-13(2)24-27-14(17)3)22-20(25)23-19(18-5-4-10-26-18)15-6-8-16(21)9-7-15/h6-9,12,18-19H,4-5,10-11H2,1-3H3,(H2,22,23,25). The maximum Gasteiger partial charge on any atom is 0.315 e. The van der Waals surface area contributed by atoms with Crippen molar-refractivity contribution in [2.75, 3.05) is 6.61 Å². The van der Waals surface area contributed by atoms with Crippen LogP contribution in [0.5, 0.6) is 0 Å². The van der Waals surface area contributed by atoms with Crippen LogP contribution in [0.25, 0.3) is 0 Å². The van der Waals surface area contributed by atoms with Crippen LogP contribution in [0.2, 0.25) is 0 Å². The first-order valence-corrected chi connectivity index (χ1v) is 9.30. The fourth-order valence-electron chi connectivity index (χ4n) is 3.48. The highest BCUT2D eigenvalue weighted by molar-refractivity contribution is 5.75. The fraction of sp³-hybridized carbons (Fsp3) is 0.500. The number of halogens is 1. The topological polar surface area (TPSA) is 76.4 Å². The molecule has 1 aromatic heterocycles. The number of urea groups is 1. The van der Waals surface area contributed by atoms with Gasteiger partial charge < -0.3 is 19.9 Å². The number of nitrogens with one attached hydrogen (secondary N) is 2. The molecule has 3 atom stereocenters. The van der Waals surface area contributed by atoms with Gasteiger partial charge in [0.25, 0.3) is 0 Å². The Hall–Kier alpha value is -2.41.